The predicted molar refractivity (Wildman–Crippen MR) is 94.4 cm³/mol. The standard InChI is InChI=1S/C19H26FN3O/c20-17-4-5-19-18(11-17)16(13-22-19)3-1-2-8-21-12-15-6-9-23(14-24)10-7-15/h4-5,11,13-15,21-22H,1-3,6-10,12H2. The van der Waals surface area contributed by atoms with Crippen LogP contribution in [0.1, 0.15) is 31.2 Å². The fraction of sp³-hybridized carbons (Fsp3) is 0.526. The van der Waals surface area contributed by atoms with Crippen LogP contribution in [0.25, 0.3) is 10.9 Å². The maximum Gasteiger partial charge on any atom is 0.209 e. The molecule has 0 atom stereocenters. The third-order valence-electron chi connectivity index (χ3n) is 5.01. The number of likely N-dealkylation sites (tertiary alicyclic amines) is 1. The average Bonchev–Trinajstić information content (AvgIpc) is 3.00. The Bertz CT molecular complexity index is 662. The van der Waals surface area contributed by atoms with Crippen LogP contribution in [-0.4, -0.2) is 42.5 Å². The van der Waals surface area contributed by atoms with Gasteiger partial charge in [0.2, 0.25) is 6.41 Å². The van der Waals surface area contributed by atoms with E-state index in [2.05, 4.69) is 10.3 Å². The van der Waals surface area contributed by atoms with Gasteiger partial charge in [-0.15, -0.1) is 0 Å². The zero-order chi connectivity index (χ0) is 16.8. The molecule has 3 rings (SSSR count). The lowest BCUT2D eigenvalue weighted by atomic mass is 9.97. The van der Waals surface area contributed by atoms with Crippen LogP contribution in [0, 0.1) is 11.7 Å². The number of benzene rings is 1. The molecule has 0 spiro atoms. The Morgan fingerprint density at radius 1 is 1.29 bits per heavy atom. The van der Waals surface area contributed by atoms with E-state index in [0.29, 0.717) is 5.92 Å². The molecule has 2 N–H and O–H groups in total. The number of halogens is 1. The number of amides is 1. The summed E-state index contributed by atoms with van der Waals surface area (Å²) >= 11 is 0. The summed E-state index contributed by atoms with van der Waals surface area (Å²) in [6.07, 6.45) is 8.36. The minimum Gasteiger partial charge on any atom is -0.361 e. The molecule has 1 aromatic heterocycles. The molecule has 1 aromatic carbocycles. The van der Waals surface area contributed by atoms with Crippen LogP contribution < -0.4 is 5.32 Å². The van der Waals surface area contributed by atoms with Crippen molar-refractivity contribution in [2.75, 3.05) is 26.2 Å². The molecule has 1 amide bonds. The van der Waals surface area contributed by atoms with Crippen LogP contribution in [0.15, 0.2) is 24.4 Å². The van der Waals surface area contributed by atoms with Gasteiger partial charge in [-0.05, 0) is 74.9 Å². The van der Waals surface area contributed by atoms with Crippen molar-refractivity contribution in [2.45, 2.75) is 32.1 Å². The number of fused-ring (bicyclic) bond motifs is 1. The van der Waals surface area contributed by atoms with Crippen molar-refractivity contribution in [1.82, 2.24) is 15.2 Å². The van der Waals surface area contributed by atoms with Crippen molar-refractivity contribution in [3.63, 3.8) is 0 Å². The molecule has 4 nitrogen and oxygen atoms in total. The lowest BCUT2D eigenvalue weighted by Crippen LogP contribution is -2.36. The summed E-state index contributed by atoms with van der Waals surface area (Å²) in [4.78, 5) is 15.8. The Hall–Kier alpha value is -1.88. The fourth-order valence-corrected chi connectivity index (χ4v) is 3.49. The average molecular weight is 331 g/mol. The number of carbonyl (C=O) groups is 1. The van der Waals surface area contributed by atoms with Gasteiger partial charge in [0.05, 0.1) is 0 Å². The number of aryl methyl sites for hydroxylation is 1. The van der Waals surface area contributed by atoms with E-state index in [0.717, 1.165) is 75.6 Å². The molecule has 1 aliphatic rings. The molecule has 2 aromatic rings. The second kappa shape index (κ2) is 8.29. The molecular weight excluding hydrogens is 305 g/mol. The number of aromatic nitrogens is 1. The smallest absolute Gasteiger partial charge is 0.209 e. The molecule has 2 heterocycles. The van der Waals surface area contributed by atoms with E-state index >= 15 is 0 Å². The van der Waals surface area contributed by atoms with Gasteiger partial charge in [0.15, 0.2) is 0 Å². The molecule has 0 bridgehead atoms. The van der Waals surface area contributed by atoms with Gasteiger partial charge in [0.25, 0.3) is 0 Å². The van der Waals surface area contributed by atoms with E-state index in [-0.39, 0.29) is 5.82 Å². The van der Waals surface area contributed by atoms with Crippen molar-refractivity contribution in [2.24, 2.45) is 5.92 Å². The predicted octanol–water partition coefficient (Wildman–Crippen LogP) is 3.09. The second-order valence-corrected chi connectivity index (χ2v) is 6.75. The Kier molecular flexibility index (Phi) is 5.86. The van der Waals surface area contributed by atoms with Crippen LogP contribution in [0.5, 0.6) is 0 Å². The van der Waals surface area contributed by atoms with E-state index in [1.807, 2.05) is 11.1 Å². The highest BCUT2D eigenvalue weighted by Crippen LogP contribution is 2.21. The fourth-order valence-electron chi connectivity index (χ4n) is 3.49. The summed E-state index contributed by atoms with van der Waals surface area (Å²) in [6.45, 7) is 3.86. The molecule has 5 heteroatoms. The molecule has 0 unspecified atom stereocenters. The minimum atomic E-state index is -0.175. The maximum atomic E-state index is 13.4. The first-order valence-corrected chi connectivity index (χ1v) is 8.92. The number of rotatable bonds is 8. The van der Waals surface area contributed by atoms with Crippen molar-refractivity contribution >= 4 is 17.3 Å². The summed E-state index contributed by atoms with van der Waals surface area (Å²) in [6, 6.07) is 4.91. The summed E-state index contributed by atoms with van der Waals surface area (Å²) in [7, 11) is 0. The zero-order valence-electron chi connectivity index (χ0n) is 14.1. The molecule has 24 heavy (non-hydrogen) atoms. The van der Waals surface area contributed by atoms with Crippen molar-refractivity contribution in [3.8, 4) is 0 Å². The Labute approximate surface area is 142 Å². The largest absolute Gasteiger partial charge is 0.361 e. The molecule has 1 saturated heterocycles. The van der Waals surface area contributed by atoms with Crippen LogP contribution in [0.3, 0.4) is 0 Å². The van der Waals surface area contributed by atoms with Gasteiger partial charge in [0.1, 0.15) is 5.82 Å². The molecule has 130 valence electrons. The van der Waals surface area contributed by atoms with Crippen molar-refractivity contribution < 1.29 is 9.18 Å². The quantitative estimate of drug-likeness (QED) is 0.577. The summed E-state index contributed by atoms with van der Waals surface area (Å²) in [5.74, 6) is 0.517. The summed E-state index contributed by atoms with van der Waals surface area (Å²) in [5.41, 5.74) is 2.21. The molecule has 0 radical (unpaired) electrons. The lowest BCUT2D eigenvalue weighted by Gasteiger charge is -2.29. The molecule has 1 aliphatic heterocycles. The van der Waals surface area contributed by atoms with Crippen LogP contribution in [0.2, 0.25) is 0 Å². The van der Waals surface area contributed by atoms with Gasteiger partial charge < -0.3 is 15.2 Å². The Balaban J connectivity index is 1.32. The van der Waals surface area contributed by atoms with Gasteiger partial charge >= 0.3 is 0 Å². The topological polar surface area (TPSA) is 48.1 Å². The highest BCUT2D eigenvalue weighted by molar-refractivity contribution is 5.83. The van der Waals surface area contributed by atoms with Crippen LogP contribution in [0.4, 0.5) is 4.39 Å². The first kappa shape index (κ1) is 17.0. The third-order valence-corrected chi connectivity index (χ3v) is 5.01. The second-order valence-electron chi connectivity index (χ2n) is 6.75. The van der Waals surface area contributed by atoms with E-state index in [9.17, 15) is 9.18 Å². The molecule has 0 saturated carbocycles. The van der Waals surface area contributed by atoms with E-state index in [1.54, 1.807) is 12.1 Å². The lowest BCUT2D eigenvalue weighted by molar-refractivity contribution is -0.119. The number of hydrogen-bond acceptors (Lipinski definition) is 2. The third kappa shape index (κ3) is 4.35. The first-order chi connectivity index (χ1) is 11.8. The van der Waals surface area contributed by atoms with Crippen molar-refractivity contribution in [3.05, 3.63) is 35.8 Å². The monoisotopic (exact) mass is 331 g/mol. The van der Waals surface area contributed by atoms with Gasteiger partial charge in [-0.2, -0.15) is 0 Å². The van der Waals surface area contributed by atoms with Gasteiger partial charge in [0, 0.05) is 30.2 Å². The Morgan fingerprint density at radius 2 is 2.12 bits per heavy atom. The van der Waals surface area contributed by atoms with Crippen LogP contribution >= 0.6 is 0 Å². The summed E-state index contributed by atoms with van der Waals surface area (Å²) in [5, 5.41) is 4.54. The number of piperidine rings is 1. The summed E-state index contributed by atoms with van der Waals surface area (Å²) < 4.78 is 13.4. The zero-order valence-corrected chi connectivity index (χ0v) is 14.1. The van der Waals surface area contributed by atoms with E-state index < -0.39 is 0 Å². The highest BCUT2D eigenvalue weighted by Gasteiger charge is 2.17. The number of carbonyl (C=O) groups excluding carboxylic acids is 1. The maximum absolute atomic E-state index is 13.4. The number of H-pyrrole nitrogens is 1. The minimum absolute atomic E-state index is 0.175. The van der Waals surface area contributed by atoms with Crippen molar-refractivity contribution in [1.29, 1.82) is 0 Å². The molecular formula is C19H26FN3O. The van der Waals surface area contributed by atoms with E-state index in [1.165, 1.54) is 11.6 Å². The van der Waals surface area contributed by atoms with Crippen LogP contribution in [-0.2, 0) is 11.2 Å². The van der Waals surface area contributed by atoms with Gasteiger partial charge in [-0.3, -0.25) is 4.79 Å². The SMILES string of the molecule is O=CN1CCC(CNCCCCc2c[nH]c3ccc(F)cc23)CC1. The first-order valence-electron chi connectivity index (χ1n) is 8.92. The number of unbranched alkanes of at least 4 members (excludes halogenated alkanes) is 1. The molecule has 1 fully saturated rings. The number of aromatic amines is 1. The number of nitrogens with one attached hydrogen (secondary N) is 2. The van der Waals surface area contributed by atoms with Gasteiger partial charge in [-0.25, -0.2) is 4.39 Å². The number of nitrogens with zero attached hydrogens (tertiary/aromatic N) is 1. The van der Waals surface area contributed by atoms with E-state index in [4.69, 9.17) is 0 Å². The highest BCUT2D eigenvalue weighted by atomic mass is 19.1. The Morgan fingerprint density at radius 3 is 2.92 bits per heavy atom. The number of hydrogen-bond donors (Lipinski definition) is 2. The normalized spacial score (nSPS) is 16.0. The van der Waals surface area contributed by atoms with Gasteiger partial charge in [-0.1, -0.05) is 0 Å². The molecule has 0 aliphatic carbocycles.